The number of rotatable bonds is 6. The average Bonchev–Trinajstić information content (AvgIpc) is 3.06. The molecule has 0 radical (unpaired) electrons. The van der Waals surface area contributed by atoms with Crippen molar-refractivity contribution in [2.75, 3.05) is 18.4 Å². The Morgan fingerprint density at radius 2 is 2.08 bits per heavy atom. The third-order valence-electron chi connectivity index (χ3n) is 2.80. The normalized spacial score (nSPS) is 11.9. The van der Waals surface area contributed by atoms with E-state index >= 15 is 0 Å². The van der Waals surface area contributed by atoms with Crippen molar-refractivity contribution in [2.45, 2.75) is 6.36 Å². The largest absolute Gasteiger partial charge is 0.573 e. The van der Waals surface area contributed by atoms with Crippen LogP contribution in [0, 0.1) is 0 Å². The lowest BCUT2D eigenvalue weighted by Gasteiger charge is -2.14. The van der Waals surface area contributed by atoms with E-state index in [9.17, 15) is 18.0 Å². The molecule has 2 aromatic rings. The zero-order valence-corrected chi connectivity index (χ0v) is 12.8. The number of benzene rings is 1. The molecule has 0 atom stereocenters. The first-order chi connectivity index (χ1) is 11.8. The van der Waals surface area contributed by atoms with Crippen LogP contribution in [0.15, 0.2) is 41.5 Å². The molecule has 2 rings (SSSR count). The number of alkyl halides is 3. The number of ether oxygens (including phenoxy) is 1. The van der Waals surface area contributed by atoms with Crippen molar-refractivity contribution >= 4 is 17.6 Å². The Hall–Kier alpha value is -3.24. The third-order valence-corrected chi connectivity index (χ3v) is 2.80. The summed E-state index contributed by atoms with van der Waals surface area (Å²) in [5, 5.41) is 11.2. The number of amides is 1. The summed E-state index contributed by atoms with van der Waals surface area (Å²) in [7, 11) is 0. The van der Waals surface area contributed by atoms with Crippen LogP contribution >= 0.6 is 0 Å². The maximum atomic E-state index is 12.3. The molecule has 0 saturated carbocycles. The number of carbonyl (C=O) groups excluding carboxylic acids is 1. The zero-order chi connectivity index (χ0) is 18.3. The van der Waals surface area contributed by atoms with Gasteiger partial charge in [0, 0.05) is 12.7 Å². The summed E-state index contributed by atoms with van der Waals surface area (Å²) in [6, 6.07) is 6.93. The van der Waals surface area contributed by atoms with Gasteiger partial charge in [0.15, 0.2) is 11.7 Å². The van der Waals surface area contributed by atoms with Crippen LogP contribution < -0.4 is 21.1 Å². The van der Waals surface area contributed by atoms with Gasteiger partial charge in [-0.05, 0) is 18.2 Å². The molecule has 0 bridgehead atoms. The molecule has 1 aromatic carbocycles. The summed E-state index contributed by atoms with van der Waals surface area (Å²) >= 11 is 0. The summed E-state index contributed by atoms with van der Waals surface area (Å²) < 4.78 is 40.9. The Labute approximate surface area is 140 Å². The monoisotopic (exact) mass is 356 g/mol. The number of carbonyl (C=O) groups is 1. The first-order valence-electron chi connectivity index (χ1n) is 7.04. The maximum Gasteiger partial charge on any atom is 0.573 e. The Morgan fingerprint density at radius 3 is 2.76 bits per heavy atom. The van der Waals surface area contributed by atoms with Crippen LogP contribution in [-0.2, 0) is 0 Å². The van der Waals surface area contributed by atoms with Gasteiger partial charge in [0.05, 0.1) is 12.2 Å². The van der Waals surface area contributed by atoms with Crippen molar-refractivity contribution in [3.8, 4) is 5.75 Å². The second-order valence-electron chi connectivity index (χ2n) is 4.66. The van der Waals surface area contributed by atoms with E-state index in [1.165, 1.54) is 30.5 Å². The lowest BCUT2D eigenvalue weighted by atomic mass is 10.3. The predicted molar refractivity (Wildman–Crippen MR) is 84.2 cm³/mol. The SMILES string of the molecule is NC(=NCCNC(=O)c1ccn[nH]1)Nc1ccccc1OC(F)(F)F. The Balaban J connectivity index is 1.86. The molecule has 0 aliphatic heterocycles. The van der Waals surface area contributed by atoms with Crippen molar-refractivity contribution in [2.24, 2.45) is 10.7 Å². The Bertz CT molecular complexity index is 730. The molecule has 134 valence electrons. The van der Waals surface area contributed by atoms with Crippen LogP contribution in [0.3, 0.4) is 0 Å². The lowest BCUT2D eigenvalue weighted by Crippen LogP contribution is -2.29. The molecule has 8 nitrogen and oxygen atoms in total. The molecule has 0 saturated heterocycles. The van der Waals surface area contributed by atoms with Gasteiger partial charge in [0.2, 0.25) is 0 Å². The molecule has 1 amide bonds. The number of aromatic amines is 1. The van der Waals surface area contributed by atoms with Gasteiger partial charge in [-0.1, -0.05) is 12.1 Å². The van der Waals surface area contributed by atoms with E-state index in [0.717, 1.165) is 6.07 Å². The highest BCUT2D eigenvalue weighted by Crippen LogP contribution is 2.29. The third kappa shape index (κ3) is 6.05. The molecule has 0 fully saturated rings. The quantitative estimate of drug-likeness (QED) is 0.355. The van der Waals surface area contributed by atoms with Crippen LogP contribution in [0.25, 0.3) is 0 Å². The number of halogens is 3. The van der Waals surface area contributed by atoms with E-state index in [1.54, 1.807) is 0 Å². The zero-order valence-electron chi connectivity index (χ0n) is 12.8. The highest BCUT2D eigenvalue weighted by Gasteiger charge is 2.32. The fraction of sp³-hybridized carbons (Fsp3) is 0.214. The van der Waals surface area contributed by atoms with Crippen molar-refractivity contribution in [1.29, 1.82) is 0 Å². The molecule has 11 heteroatoms. The van der Waals surface area contributed by atoms with Crippen molar-refractivity contribution in [1.82, 2.24) is 15.5 Å². The fourth-order valence-corrected chi connectivity index (χ4v) is 1.78. The average molecular weight is 356 g/mol. The number of nitrogens with zero attached hydrogens (tertiary/aromatic N) is 2. The van der Waals surface area contributed by atoms with Gasteiger partial charge < -0.3 is 21.1 Å². The highest BCUT2D eigenvalue weighted by molar-refractivity contribution is 5.94. The number of anilines is 1. The van der Waals surface area contributed by atoms with Crippen LogP contribution in [0.4, 0.5) is 18.9 Å². The first-order valence-corrected chi connectivity index (χ1v) is 7.04. The minimum absolute atomic E-state index is 0.0163. The van der Waals surface area contributed by atoms with Crippen molar-refractivity contribution in [3.63, 3.8) is 0 Å². The number of hydrogen-bond acceptors (Lipinski definition) is 4. The van der Waals surface area contributed by atoms with Crippen molar-refractivity contribution in [3.05, 3.63) is 42.2 Å². The van der Waals surface area contributed by atoms with E-state index in [2.05, 4.69) is 30.6 Å². The van der Waals surface area contributed by atoms with Gasteiger partial charge in [0.1, 0.15) is 5.69 Å². The van der Waals surface area contributed by atoms with Gasteiger partial charge in [0.25, 0.3) is 5.91 Å². The number of nitrogens with one attached hydrogen (secondary N) is 3. The molecular weight excluding hydrogens is 341 g/mol. The number of H-pyrrole nitrogens is 1. The highest BCUT2D eigenvalue weighted by atomic mass is 19.4. The van der Waals surface area contributed by atoms with Crippen LogP contribution in [0.1, 0.15) is 10.5 Å². The maximum absolute atomic E-state index is 12.3. The second kappa shape index (κ2) is 8.04. The van der Waals surface area contributed by atoms with Crippen LogP contribution in [0.5, 0.6) is 5.75 Å². The number of aromatic nitrogens is 2. The second-order valence-corrected chi connectivity index (χ2v) is 4.66. The van der Waals surface area contributed by atoms with E-state index in [1.807, 2.05) is 0 Å². The molecule has 1 heterocycles. The van der Waals surface area contributed by atoms with E-state index in [0.29, 0.717) is 5.69 Å². The van der Waals surface area contributed by atoms with Crippen LogP contribution in [0.2, 0.25) is 0 Å². The Morgan fingerprint density at radius 1 is 1.32 bits per heavy atom. The number of nitrogens with two attached hydrogens (primary N) is 1. The van der Waals surface area contributed by atoms with Crippen LogP contribution in [-0.4, -0.2) is 41.5 Å². The standard InChI is InChI=1S/C14H15F3N6O2/c15-14(16,17)25-11-4-2-1-3-9(11)22-13(18)20-8-7-19-12(24)10-5-6-21-23-10/h1-6H,7-8H2,(H,19,24)(H,21,23)(H3,18,20,22). The molecule has 25 heavy (non-hydrogen) atoms. The van der Waals surface area contributed by atoms with Gasteiger partial charge in [-0.15, -0.1) is 13.2 Å². The summed E-state index contributed by atoms with van der Waals surface area (Å²) in [6.45, 7) is 0.307. The topological polar surface area (TPSA) is 117 Å². The van der Waals surface area contributed by atoms with Gasteiger partial charge in [-0.2, -0.15) is 5.10 Å². The number of hydrogen-bond donors (Lipinski definition) is 4. The number of guanidine groups is 1. The van der Waals surface area contributed by atoms with Gasteiger partial charge >= 0.3 is 6.36 Å². The summed E-state index contributed by atoms with van der Waals surface area (Å²) in [4.78, 5) is 15.5. The minimum Gasteiger partial charge on any atom is -0.404 e. The van der Waals surface area contributed by atoms with Crippen molar-refractivity contribution < 1.29 is 22.7 Å². The van der Waals surface area contributed by atoms with Gasteiger partial charge in [-0.25, -0.2) is 0 Å². The summed E-state index contributed by atoms with van der Waals surface area (Å²) in [5.41, 5.74) is 5.94. The van der Waals surface area contributed by atoms with E-state index in [4.69, 9.17) is 5.73 Å². The molecular formula is C14H15F3N6O2. The summed E-state index contributed by atoms with van der Waals surface area (Å²) in [6.07, 6.45) is -3.38. The van der Waals surface area contributed by atoms with E-state index in [-0.39, 0.29) is 30.6 Å². The van der Waals surface area contributed by atoms with Gasteiger partial charge in [-0.3, -0.25) is 14.9 Å². The minimum atomic E-state index is -4.82. The molecule has 0 spiro atoms. The molecule has 0 aliphatic rings. The molecule has 0 aliphatic carbocycles. The number of aliphatic imine (C=N–C) groups is 1. The molecule has 5 N–H and O–H groups in total. The first kappa shape index (κ1) is 18.1. The smallest absolute Gasteiger partial charge is 0.404 e. The number of para-hydroxylation sites is 2. The summed E-state index contributed by atoms with van der Waals surface area (Å²) in [5.74, 6) is -0.905. The molecule has 1 aromatic heterocycles. The fourth-order valence-electron chi connectivity index (χ4n) is 1.78. The Kier molecular flexibility index (Phi) is 5.82. The molecule has 0 unspecified atom stereocenters. The van der Waals surface area contributed by atoms with E-state index < -0.39 is 12.1 Å². The lowest BCUT2D eigenvalue weighted by molar-refractivity contribution is -0.274. The predicted octanol–water partition coefficient (Wildman–Crippen LogP) is 1.46.